The monoisotopic (exact) mass is 423 g/mol. The van der Waals surface area contributed by atoms with E-state index in [1.165, 1.54) is 25.4 Å². The fourth-order valence-corrected chi connectivity index (χ4v) is 2.40. The Morgan fingerprint density at radius 3 is 2.39 bits per heavy atom. The molecule has 28 heavy (non-hydrogen) atoms. The molecule has 0 amide bonds. The second kappa shape index (κ2) is 9.49. The van der Waals surface area contributed by atoms with E-state index in [2.05, 4.69) is 15.6 Å². The third-order valence-corrected chi connectivity index (χ3v) is 6.48. The molecule has 10 heteroatoms. The van der Waals surface area contributed by atoms with Crippen molar-refractivity contribution >= 4 is 15.8 Å². The van der Waals surface area contributed by atoms with Gasteiger partial charge in [0.25, 0.3) is 0 Å². The normalized spacial score (nSPS) is 14.5. The van der Waals surface area contributed by atoms with Crippen LogP contribution in [0.4, 0.5) is 13.2 Å². The third kappa shape index (κ3) is 7.21. The zero-order chi connectivity index (χ0) is 21.6. The molecule has 1 aromatic carbocycles. The first-order valence-corrected chi connectivity index (χ1v) is 10.7. The lowest BCUT2D eigenvalue weighted by Crippen LogP contribution is -2.49. The van der Waals surface area contributed by atoms with E-state index in [0.29, 0.717) is 12.4 Å². The molecule has 1 rings (SSSR count). The Morgan fingerprint density at radius 2 is 1.89 bits per heavy atom. The van der Waals surface area contributed by atoms with Gasteiger partial charge in [-0.1, -0.05) is 13.0 Å². The van der Waals surface area contributed by atoms with Crippen LogP contribution in [0, 0.1) is 0 Å². The molecule has 1 aromatic rings. The van der Waals surface area contributed by atoms with Gasteiger partial charge in [0.2, 0.25) is 0 Å². The summed E-state index contributed by atoms with van der Waals surface area (Å²) < 4.78 is 66.7. The van der Waals surface area contributed by atoms with Crippen molar-refractivity contribution in [3.05, 3.63) is 29.8 Å². The molecule has 2 N–H and O–H groups in total. The Kier molecular flexibility index (Phi) is 8.16. The van der Waals surface area contributed by atoms with Crippen LogP contribution in [0.25, 0.3) is 0 Å². The number of guanidine groups is 1. The number of benzene rings is 1. The van der Waals surface area contributed by atoms with E-state index in [-0.39, 0.29) is 18.8 Å². The molecule has 0 aliphatic heterocycles. The van der Waals surface area contributed by atoms with Crippen molar-refractivity contribution in [1.82, 2.24) is 10.6 Å². The minimum Gasteiger partial charge on any atom is -0.489 e. The van der Waals surface area contributed by atoms with Crippen LogP contribution in [0.1, 0.15) is 32.8 Å². The van der Waals surface area contributed by atoms with Crippen LogP contribution in [0.2, 0.25) is 0 Å². The molecule has 0 aliphatic rings. The van der Waals surface area contributed by atoms with Crippen LogP contribution in [-0.2, 0) is 16.0 Å². The zero-order valence-corrected chi connectivity index (χ0v) is 17.5. The molecule has 0 aliphatic carbocycles. The first-order chi connectivity index (χ1) is 12.8. The number of halogens is 3. The van der Waals surface area contributed by atoms with Crippen molar-refractivity contribution in [3.63, 3.8) is 0 Å². The summed E-state index contributed by atoms with van der Waals surface area (Å²) in [6.07, 6.45) is -3.11. The molecular formula is C18H28F3N3O3S. The van der Waals surface area contributed by atoms with Crippen molar-refractivity contribution < 1.29 is 26.3 Å². The van der Waals surface area contributed by atoms with Crippen LogP contribution < -0.4 is 15.4 Å². The number of rotatable bonds is 8. The van der Waals surface area contributed by atoms with Crippen molar-refractivity contribution in [2.24, 2.45) is 4.99 Å². The first kappa shape index (κ1) is 24.1. The largest absolute Gasteiger partial charge is 0.489 e. The molecule has 0 fully saturated rings. The highest BCUT2D eigenvalue weighted by atomic mass is 32.2. The minimum absolute atomic E-state index is 0.129. The summed E-state index contributed by atoms with van der Waals surface area (Å²) in [6, 6.07) is 4.72. The number of ether oxygens (including phenoxy) is 1. The number of hydrogen-bond acceptors (Lipinski definition) is 4. The van der Waals surface area contributed by atoms with Crippen molar-refractivity contribution in [2.45, 2.75) is 44.2 Å². The second-order valence-electron chi connectivity index (χ2n) is 7.01. The van der Waals surface area contributed by atoms with Gasteiger partial charge in [0.1, 0.15) is 11.9 Å². The molecule has 0 heterocycles. The van der Waals surface area contributed by atoms with Crippen molar-refractivity contribution in [2.75, 3.05) is 26.4 Å². The predicted octanol–water partition coefficient (Wildman–Crippen LogP) is 2.85. The van der Waals surface area contributed by atoms with Gasteiger partial charge in [-0.15, -0.1) is 0 Å². The summed E-state index contributed by atoms with van der Waals surface area (Å²) >= 11 is 0. The maximum atomic E-state index is 12.8. The Bertz CT molecular complexity index is 778. The number of nitrogens with one attached hydrogen (secondary N) is 2. The van der Waals surface area contributed by atoms with E-state index in [4.69, 9.17) is 4.74 Å². The summed E-state index contributed by atoms with van der Waals surface area (Å²) in [5.41, 5.74) is -0.770. The summed E-state index contributed by atoms with van der Waals surface area (Å²) in [5, 5.41) is 5.95. The highest BCUT2D eigenvalue weighted by Gasteiger charge is 2.31. The van der Waals surface area contributed by atoms with Crippen LogP contribution in [0.3, 0.4) is 0 Å². The van der Waals surface area contributed by atoms with Gasteiger partial charge in [0, 0.05) is 19.8 Å². The highest BCUT2D eigenvalue weighted by molar-refractivity contribution is 7.92. The van der Waals surface area contributed by atoms with E-state index in [0.717, 1.165) is 12.1 Å². The number of hydrogen-bond donors (Lipinski definition) is 2. The molecule has 0 aromatic heterocycles. The maximum Gasteiger partial charge on any atom is 0.416 e. The standard InChI is InChI=1S/C18H28F3N3O3S/c1-6-14(27-15-9-7-8-13(10-15)18(19,20)21)11-23-16(22-4)24-12-17(2,3)28(5,25)26/h7-10,14H,6,11-12H2,1-5H3,(H2,22,23,24). The lowest BCUT2D eigenvalue weighted by molar-refractivity contribution is -0.137. The van der Waals surface area contributed by atoms with Gasteiger partial charge in [-0.05, 0) is 38.5 Å². The van der Waals surface area contributed by atoms with E-state index in [9.17, 15) is 21.6 Å². The van der Waals surface area contributed by atoms with E-state index < -0.39 is 32.4 Å². The van der Waals surface area contributed by atoms with Gasteiger partial charge in [0.05, 0.1) is 16.9 Å². The molecule has 0 saturated heterocycles. The number of aliphatic imine (C=N–C) groups is 1. The Balaban J connectivity index is 2.68. The van der Waals surface area contributed by atoms with Gasteiger partial charge in [-0.2, -0.15) is 13.2 Å². The number of alkyl halides is 3. The summed E-state index contributed by atoms with van der Waals surface area (Å²) in [6.45, 7) is 5.49. The quantitative estimate of drug-likeness (QED) is 0.497. The topological polar surface area (TPSA) is 79.8 Å². The average molecular weight is 424 g/mol. The third-order valence-electron chi connectivity index (χ3n) is 4.33. The second-order valence-corrected chi connectivity index (χ2v) is 9.66. The minimum atomic E-state index is -4.43. The molecule has 1 atom stereocenters. The fraction of sp³-hybridized carbons (Fsp3) is 0.611. The average Bonchev–Trinajstić information content (AvgIpc) is 2.59. The van der Waals surface area contributed by atoms with Gasteiger partial charge in [-0.3, -0.25) is 4.99 Å². The highest BCUT2D eigenvalue weighted by Crippen LogP contribution is 2.31. The molecule has 0 saturated carbocycles. The van der Waals surface area contributed by atoms with Crippen LogP contribution in [0.15, 0.2) is 29.3 Å². The maximum absolute atomic E-state index is 12.8. The lowest BCUT2D eigenvalue weighted by Gasteiger charge is -2.25. The fourth-order valence-electron chi connectivity index (χ4n) is 2.07. The van der Waals surface area contributed by atoms with Crippen LogP contribution in [-0.4, -0.2) is 51.6 Å². The Morgan fingerprint density at radius 1 is 1.25 bits per heavy atom. The van der Waals surface area contributed by atoms with Crippen molar-refractivity contribution in [1.29, 1.82) is 0 Å². The van der Waals surface area contributed by atoms with Gasteiger partial charge in [-0.25, -0.2) is 8.42 Å². The molecule has 0 spiro atoms. The summed E-state index contributed by atoms with van der Waals surface area (Å²) in [4.78, 5) is 4.03. The van der Waals surface area contributed by atoms with E-state index >= 15 is 0 Å². The number of sulfone groups is 1. The first-order valence-electron chi connectivity index (χ1n) is 8.78. The Hall–Kier alpha value is -1.97. The summed E-state index contributed by atoms with van der Waals surface area (Å²) in [5.74, 6) is 0.507. The lowest BCUT2D eigenvalue weighted by atomic mass is 10.2. The molecule has 160 valence electrons. The predicted molar refractivity (Wildman–Crippen MR) is 104 cm³/mol. The van der Waals surface area contributed by atoms with Crippen LogP contribution >= 0.6 is 0 Å². The summed E-state index contributed by atoms with van der Waals surface area (Å²) in [7, 11) is -1.72. The van der Waals surface area contributed by atoms with Gasteiger partial charge >= 0.3 is 6.18 Å². The van der Waals surface area contributed by atoms with Crippen molar-refractivity contribution in [3.8, 4) is 5.75 Å². The van der Waals surface area contributed by atoms with Gasteiger partial charge in [0.15, 0.2) is 15.8 Å². The molecule has 0 radical (unpaired) electrons. The molecule has 1 unspecified atom stereocenters. The molecular weight excluding hydrogens is 395 g/mol. The smallest absolute Gasteiger partial charge is 0.416 e. The number of nitrogens with zero attached hydrogens (tertiary/aromatic N) is 1. The molecule has 6 nitrogen and oxygen atoms in total. The SMILES string of the molecule is CCC(CNC(=NC)NCC(C)(C)S(C)(=O)=O)Oc1cccc(C(F)(F)F)c1. The van der Waals surface area contributed by atoms with Crippen LogP contribution in [0.5, 0.6) is 5.75 Å². The zero-order valence-electron chi connectivity index (χ0n) is 16.7. The Labute approximate surface area is 164 Å². The van der Waals surface area contributed by atoms with E-state index in [1.54, 1.807) is 13.8 Å². The van der Waals surface area contributed by atoms with E-state index in [1.807, 2.05) is 6.92 Å². The van der Waals surface area contributed by atoms with Gasteiger partial charge < -0.3 is 15.4 Å². The molecule has 0 bridgehead atoms.